The fourth-order valence-corrected chi connectivity index (χ4v) is 1.61. The summed E-state index contributed by atoms with van der Waals surface area (Å²) in [5.74, 6) is 5.22. The van der Waals surface area contributed by atoms with Crippen LogP contribution in [0, 0.1) is 5.82 Å². The summed E-state index contributed by atoms with van der Waals surface area (Å²) in [6, 6.07) is 13.2. The molecule has 0 aromatic heterocycles. The first-order chi connectivity index (χ1) is 9.19. The molecule has 0 heterocycles. The third kappa shape index (κ3) is 3.67. The van der Waals surface area contributed by atoms with Crippen LogP contribution in [0.4, 0.5) is 15.8 Å². The van der Waals surface area contributed by atoms with Crippen molar-refractivity contribution in [1.82, 2.24) is 5.43 Å². The van der Waals surface area contributed by atoms with Crippen molar-refractivity contribution >= 4 is 28.9 Å². The number of nitrogens with one attached hydrogen (secondary N) is 2. The maximum atomic E-state index is 13.1. The second-order valence-electron chi connectivity index (χ2n) is 3.69. The Morgan fingerprint density at radius 1 is 1.16 bits per heavy atom. The fourth-order valence-electron chi connectivity index (χ4n) is 1.45. The van der Waals surface area contributed by atoms with Crippen molar-refractivity contribution in [2.24, 2.45) is 10.8 Å². The van der Waals surface area contributed by atoms with E-state index in [1.54, 1.807) is 0 Å². The molecule has 0 unspecified atom stereocenters. The number of hydrogen-bond donors (Lipinski definition) is 3. The molecule has 0 radical (unpaired) electrons. The highest BCUT2D eigenvalue weighted by molar-refractivity contribution is 6.33. The Kier molecular flexibility index (Phi) is 4.33. The van der Waals surface area contributed by atoms with Crippen LogP contribution in [0.15, 0.2) is 53.5 Å². The van der Waals surface area contributed by atoms with Crippen LogP contribution in [0.1, 0.15) is 0 Å². The van der Waals surface area contributed by atoms with Crippen molar-refractivity contribution < 1.29 is 4.39 Å². The SMILES string of the molecule is NNC(=Nc1cc(F)ccc1Cl)Nc1ccccc1. The molecule has 0 saturated carbocycles. The Morgan fingerprint density at radius 2 is 1.89 bits per heavy atom. The van der Waals surface area contributed by atoms with Crippen LogP contribution >= 0.6 is 11.6 Å². The topological polar surface area (TPSA) is 62.4 Å². The lowest BCUT2D eigenvalue weighted by atomic mass is 10.3. The average Bonchev–Trinajstić information content (AvgIpc) is 2.43. The predicted molar refractivity (Wildman–Crippen MR) is 75.9 cm³/mol. The number of guanidine groups is 1. The van der Waals surface area contributed by atoms with Crippen LogP contribution in [0.25, 0.3) is 0 Å². The largest absolute Gasteiger partial charge is 0.325 e. The molecule has 19 heavy (non-hydrogen) atoms. The van der Waals surface area contributed by atoms with Crippen molar-refractivity contribution in [2.75, 3.05) is 5.32 Å². The van der Waals surface area contributed by atoms with Gasteiger partial charge in [0.2, 0.25) is 5.96 Å². The second-order valence-corrected chi connectivity index (χ2v) is 4.10. The number of para-hydroxylation sites is 1. The number of aliphatic imine (C=N–C) groups is 1. The van der Waals surface area contributed by atoms with Crippen LogP contribution in [-0.2, 0) is 0 Å². The van der Waals surface area contributed by atoms with Gasteiger partial charge in [-0.3, -0.25) is 5.43 Å². The van der Waals surface area contributed by atoms with Gasteiger partial charge in [0.1, 0.15) is 5.82 Å². The zero-order chi connectivity index (χ0) is 13.7. The molecule has 98 valence electrons. The summed E-state index contributed by atoms with van der Waals surface area (Å²) in [5, 5.41) is 3.29. The summed E-state index contributed by atoms with van der Waals surface area (Å²) in [6.45, 7) is 0. The first kappa shape index (κ1) is 13.3. The van der Waals surface area contributed by atoms with Crippen molar-refractivity contribution in [2.45, 2.75) is 0 Å². The van der Waals surface area contributed by atoms with Crippen molar-refractivity contribution in [3.05, 3.63) is 59.4 Å². The lowest BCUT2D eigenvalue weighted by molar-refractivity contribution is 0.628. The number of anilines is 1. The maximum absolute atomic E-state index is 13.1. The molecule has 6 heteroatoms. The molecule has 0 saturated heterocycles. The van der Waals surface area contributed by atoms with Crippen LogP contribution in [0.3, 0.4) is 0 Å². The number of hydrogen-bond acceptors (Lipinski definition) is 2. The number of rotatable bonds is 2. The number of nitrogens with zero attached hydrogens (tertiary/aromatic N) is 1. The summed E-state index contributed by atoms with van der Waals surface area (Å²) in [4.78, 5) is 4.13. The molecular formula is C13H12ClFN4. The Bertz CT molecular complexity index is 586. The molecule has 0 spiro atoms. The van der Waals surface area contributed by atoms with Crippen molar-refractivity contribution in [1.29, 1.82) is 0 Å². The summed E-state index contributed by atoms with van der Waals surface area (Å²) >= 11 is 5.93. The third-order valence-electron chi connectivity index (χ3n) is 2.31. The van der Waals surface area contributed by atoms with E-state index in [4.69, 9.17) is 17.4 Å². The average molecular weight is 279 g/mol. The minimum absolute atomic E-state index is 0.263. The van der Waals surface area contributed by atoms with Crippen LogP contribution in [0.2, 0.25) is 5.02 Å². The Morgan fingerprint density at radius 3 is 2.58 bits per heavy atom. The summed E-state index contributed by atoms with van der Waals surface area (Å²) in [7, 11) is 0. The van der Waals surface area contributed by atoms with Crippen LogP contribution in [0.5, 0.6) is 0 Å². The summed E-state index contributed by atoms with van der Waals surface area (Å²) < 4.78 is 13.1. The Balaban J connectivity index is 2.26. The molecule has 0 fully saturated rings. The molecule has 0 atom stereocenters. The molecular weight excluding hydrogens is 267 g/mol. The van der Waals surface area contributed by atoms with Crippen molar-refractivity contribution in [3.8, 4) is 0 Å². The van der Waals surface area contributed by atoms with E-state index >= 15 is 0 Å². The maximum Gasteiger partial charge on any atom is 0.215 e. The Hall–Kier alpha value is -2.11. The predicted octanol–water partition coefficient (Wildman–Crippen LogP) is 3.04. The van der Waals surface area contributed by atoms with Gasteiger partial charge in [0.05, 0.1) is 10.7 Å². The van der Waals surface area contributed by atoms with Gasteiger partial charge in [-0.1, -0.05) is 29.8 Å². The monoisotopic (exact) mass is 278 g/mol. The zero-order valence-corrected chi connectivity index (χ0v) is 10.7. The minimum Gasteiger partial charge on any atom is -0.325 e. The summed E-state index contributed by atoms with van der Waals surface area (Å²) in [6.07, 6.45) is 0. The van der Waals surface area contributed by atoms with Crippen molar-refractivity contribution in [3.63, 3.8) is 0 Å². The summed E-state index contributed by atoms with van der Waals surface area (Å²) in [5.41, 5.74) is 3.49. The van der Waals surface area contributed by atoms with Gasteiger partial charge in [0, 0.05) is 11.8 Å². The molecule has 2 aromatic carbocycles. The second kappa shape index (κ2) is 6.17. The molecule has 2 rings (SSSR count). The van der Waals surface area contributed by atoms with Gasteiger partial charge in [-0.2, -0.15) is 0 Å². The third-order valence-corrected chi connectivity index (χ3v) is 2.63. The highest BCUT2D eigenvalue weighted by Gasteiger charge is 2.03. The van der Waals surface area contributed by atoms with E-state index in [0.717, 1.165) is 5.69 Å². The highest BCUT2D eigenvalue weighted by Crippen LogP contribution is 2.25. The first-order valence-electron chi connectivity index (χ1n) is 5.51. The quantitative estimate of drug-likeness (QED) is 0.342. The molecule has 0 aliphatic heterocycles. The standard InChI is InChI=1S/C13H12ClFN4/c14-11-7-6-9(15)8-12(11)18-13(19-16)17-10-4-2-1-3-5-10/h1-8H,16H2,(H2,17,18,19). The lowest BCUT2D eigenvalue weighted by Gasteiger charge is -2.09. The van der Waals surface area contributed by atoms with Gasteiger partial charge in [-0.05, 0) is 24.3 Å². The van der Waals surface area contributed by atoms with Gasteiger partial charge in [0.25, 0.3) is 0 Å². The van der Waals surface area contributed by atoms with Gasteiger partial charge in [-0.15, -0.1) is 0 Å². The molecule has 4 nitrogen and oxygen atoms in total. The molecule has 0 bridgehead atoms. The van der Waals surface area contributed by atoms with Gasteiger partial charge < -0.3 is 5.32 Å². The van der Waals surface area contributed by atoms with E-state index in [2.05, 4.69) is 15.7 Å². The fraction of sp³-hybridized carbons (Fsp3) is 0. The molecule has 0 aliphatic carbocycles. The number of halogens is 2. The number of hydrazine groups is 1. The number of nitrogens with two attached hydrogens (primary N) is 1. The first-order valence-corrected chi connectivity index (χ1v) is 5.89. The minimum atomic E-state index is -0.417. The van der Waals surface area contributed by atoms with Gasteiger partial charge >= 0.3 is 0 Å². The van der Waals surface area contributed by atoms with E-state index in [1.807, 2.05) is 30.3 Å². The Labute approximate surface area is 115 Å². The zero-order valence-electron chi connectivity index (χ0n) is 9.90. The van der Waals surface area contributed by atoms with E-state index in [1.165, 1.54) is 18.2 Å². The lowest BCUT2D eigenvalue weighted by Crippen LogP contribution is -2.35. The molecule has 0 aliphatic rings. The van der Waals surface area contributed by atoms with E-state index in [-0.39, 0.29) is 11.6 Å². The number of benzene rings is 2. The molecule has 0 amide bonds. The smallest absolute Gasteiger partial charge is 0.215 e. The normalized spacial score (nSPS) is 11.2. The van der Waals surface area contributed by atoms with E-state index < -0.39 is 5.82 Å². The molecule has 4 N–H and O–H groups in total. The van der Waals surface area contributed by atoms with Crippen LogP contribution < -0.4 is 16.6 Å². The van der Waals surface area contributed by atoms with Gasteiger partial charge in [0.15, 0.2) is 0 Å². The van der Waals surface area contributed by atoms with E-state index in [0.29, 0.717) is 5.02 Å². The molecule has 2 aromatic rings. The highest BCUT2D eigenvalue weighted by atomic mass is 35.5. The van der Waals surface area contributed by atoms with Crippen LogP contribution in [-0.4, -0.2) is 5.96 Å². The van der Waals surface area contributed by atoms with Gasteiger partial charge in [-0.25, -0.2) is 15.2 Å². The van der Waals surface area contributed by atoms with E-state index in [9.17, 15) is 4.39 Å².